The SMILES string of the molecule is Cc1cc(C#N)c(Cl)cc1-c1cn(C(C)C)c2cc(NS(C)(=O)=O)ccc12. The third kappa shape index (κ3) is 3.80. The molecule has 5 nitrogen and oxygen atoms in total. The third-order valence-electron chi connectivity index (χ3n) is 4.42. The molecule has 0 fully saturated rings. The molecule has 0 atom stereocenters. The molecule has 3 aromatic rings. The zero-order valence-corrected chi connectivity index (χ0v) is 17.1. The van der Waals surface area contributed by atoms with E-state index in [0.29, 0.717) is 16.3 Å². The van der Waals surface area contributed by atoms with Crippen LogP contribution >= 0.6 is 11.6 Å². The molecule has 0 spiro atoms. The third-order valence-corrected chi connectivity index (χ3v) is 5.34. The van der Waals surface area contributed by atoms with Gasteiger partial charge in [0, 0.05) is 23.2 Å². The lowest BCUT2D eigenvalue weighted by atomic mass is 9.98. The molecule has 0 saturated carbocycles. The first kappa shape index (κ1) is 19.3. The van der Waals surface area contributed by atoms with Crippen LogP contribution in [-0.4, -0.2) is 19.2 Å². The maximum atomic E-state index is 11.6. The Morgan fingerprint density at radius 3 is 2.48 bits per heavy atom. The van der Waals surface area contributed by atoms with Crippen molar-refractivity contribution in [2.45, 2.75) is 26.8 Å². The molecule has 0 aliphatic rings. The monoisotopic (exact) mass is 401 g/mol. The zero-order valence-electron chi connectivity index (χ0n) is 15.5. The van der Waals surface area contributed by atoms with E-state index >= 15 is 0 Å². The normalized spacial score (nSPS) is 11.7. The summed E-state index contributed by atoms with van der Waals surface area (Å²) in [5, 5.41) is 10.6. The number of fused-ring (bicyclic) bond motifs is 1. The second kappa shape index (κ2) is 6.91. The second-order valence-electron chi connectivity index (χ2n) is 6.91. The summed E-state index contributed by atoms with van der Waals surface area (Å²) < 4.78 is 27.8. The Balaban J connectivity index is 2.27. The fourth-order valence-corrected chi connectivity index (χ4v) is 3.99. The summed E-state index contributed by atoms with van der Waals surface area (Å²) in [6.45, 7) is 6.08. The van der Waals surface area contributed by atoms with Crippen molar-refractivity contribution in [3.05, 3.63) is 52.7 Å². The Morgan fingerprint density at radius 1 is 1.19 bits per heavy atom. The Bertz CT molecular complexity index is 1190. The van der Waals surface area contributed by atoms with Crippen molar-refractivity contribution in [1.82, 2.24) is 4.57 Å². The number of nitrogens with zero attached hydrogens (tertiary/aromatic N) is 2. The molecule has 0 saturated heterocycles. The molecular formula is C20H20ClN3O2S. The van der Waals surface area contributed by atoms with Crippen LogP contribution in [0.4, 0.5) is 5.69 Å². The molecule has 0 unspecified atom stereocenters. The maximum absolute atomic E-state index is 11.6. The molecule has 0 radical (unpaired) electrons. The van der Waals surface area contributed by atoms with Crippen molar-refractivity contribution in [3.63, 3.8) is 0 Å². The lowest BCUT2D eigenvalue weighted by Gasteiger charge is -2.10. The highest BCUT2D eigenvalue weighted by Crippen LogP contribution is 2.37. The number of hydrogen-bond acceptors (Lipinski definition) is 3. The maximum Gasteiger partial charge on any atom is 0.229 e. The molecule has 0 aliphatic carbocycles. The van der Waals surface area contributed by atoms with Crippen molar-refractivity contribution < 1.29 is 8.42 Å². The van der Waals surface area contributed by atoms with Crippen LogP contribution in [0.5, 0.6) is 0 Å². The molecule has 27 heavy (non-hydrogen) atoms. The van der Waals surface area contributed by atoms with Crippen molar-refractivity contribution in [2.24, 2.45) is 0 Å². The summed E-state index contributed by atoms with van der Waals surface area (Å²) in [6.07, 6.45) is 3.18. The van der Waals surface area contributed by atoms with E-state index in [-0.39, 0.29) is 6.04 Å². The van der Waals surface area contributed by atoms with E-state index < -0.39 is 10.0 Å². The van der Waals surface area contributed by atoms with E-state index in [1.54, 1.807) is 12.1 Å². The first-order valence-corrected chi connectivity index (χ1v) is 10.7. The lowest BCUT2D eigenvalue weighted by molar-refractivity contribution is 0.607. The molecule has 2 aromatic carbocycles. The van der Waals surface area contributed by atoms with Crippen molar-refractivity contribution in [1.29, 1.82) is 5.26 Å². The molecule has 0 aliphatic heterocycles. The first-order valence-electron chi connectivity index (χ1n) is 8.43. The Kier molecular flexibility index (Phi) is 4.94. The van der Waals surface area contributed by atoms with Gasteiger partial charge in [0.25, 0.3) is 0 Å². The van der Waals surface area contributed by atoms with Gasteiger partial charge in [-0.1, -0.05) is 17.7 Å². The minimum absolute atomic E-state index is 0.184. The number of hydrogen-bond donors (Lipinski definition) is 1. The van der Waals surface area contributed by atoms with E-state index in [1.165, 1.54) is 0 Å². The van der Waals surface area contributed by atoms with Gasteiger partial charge < -0.3 is 4.57 Å². The summed E-state index contributed by atoms with van der Waals surface area (Å²) in [5.41, 5.74) is 4.79. The highest BCUT2D eigenvalue weighted by atomic mass is 35.5. The summed E-state index contributed by atoms with van der Waals surface area (Å²) in [7, 11) is -3.35. The Labute approximate surface area is 164 Å². The standard InChI is InChI=1S/C20H20ClN3O2S/c1-12(2)24-11-18(17-9-19(21)14(10-22)7-13(17)3)16-6-5-15(8-20(16)24)23-27(4,25)26/h5-9,11-12,23H,1-4H3. The van der Waals surface area contributed by atoms with Gasteiger partial charge in [-0.15, -0.1) is 0 Å². The average Bonchev–Trinajstić information content (AvgIpc) is 2.94. The summed E-state index contributed by atoms with van der Waals surface area (Å²) in [6, 6.07) is 11.4. The first-order chi connectivity index (χ1) is 12.6. The number of benzene rings is 2. The lowest BCUT2D eigenvalue weighted by Crippen LogP contribution is -2.09. The van der Waals surface area contributed by atoms with Gasteiger partial charge in [-0.3, -0.25) is 4.72 Å². The fraction of sp³-hybridized carbons (Fsp3) is 0.250. The number of anilines is 1. The highest BCUT2D eigenvalue weighted by Gasteiger charge is 2.16. The van der Waals surface area contributed by atoms with Crippen LogP contribution in [0.25, 0.3) is 22.0 Å². The van der Waals surface area contributed by atoms with Crippen LogP contribution in [-0.2, 0) is 10.0 Å². The average molecular weight is 402 g/mol. The van der Waals surface area contributed by atoms with Crippen molar-refractivity contribution in [2.75, 3.05) is 11.0 Å². The van der Waals surface area contributed by atoms with Gasteiger partial charge in [0.05, 0.1) is 28.0 Å². The summed E-state index contributed by atoms with van der Waals surface area (Å²) in [5.74, 6) is 0. The van der Waals surface area contributed by atoms with Crippen LogP contribution in [0.1, 0.15) is 31.0 Å². The quantitative estimate of drug-likeness (QED) is 0.661. The second-order valence-corrected chi connectivity index (χ2v) is 9.06. The predicted octanol–water partition coefficient (Wildman–Crippen LogP) is 5.09. The van der Waals surface area contributed by atoms with E-state index in [4.69, 9.17) is 11.6 Å². The number of halogens is 1. The Morgan fingerprint density at radius 2 is 1.89 bits per heavy atom. The fourth-order valence-electron chi connectivity index (χ4n) is 3.23. The van der Waals surface area contributed by atoms with Crippen LogP contribution in [0.3, 0.4) is 0 Å². The summed E-state index contributed by atoms with van der Waals surface area (Å²) >= 11 is 6.26. The molecule has 7 heteroatoms. The van der Waals surface area contributed by atoms with Gasteiger partial charge >= 0.3 is 0 Å². The number of nitriles is 1. The van der Waals surface area contributed by atoms with Gasteiger partial charge in [0.2, 0.25) is 10.0 Å². The van der Waals surface area contributed by atoms with E-state index in [0.717, 1.165) is 33.8 Å². The number of aromatic nitrogens is 1. The minimum atomic E-state index is -3.35. The van der Waals surface area contributed by atoms with Crippen LogP contribution < -0.4 is 4.72 Å². The molecule has 0 bridgehead atoms. The van der Waals surface area contributed by atoms with Crippen molar-refractivity contribution in [3.8, 4) is 17.2 Å². The highest BCUT2D eigenvalue weighted by molar-refractivity contribution is 7.92. The van der Waals surface area contributed by atoms with Gasteiger partial charge in [-0.2, -0.15) is 5.26 Å². The topological polar surface area (TPSA) is 74.9 Å². The van der Waals surface area contributed by atoms with Crippen LogP contribution in [0.2, 0.25) is 5.02 Å². The van der Waals surface area contributed by atoms with Crippen LogP contribution in [0, 0.1) is 18.3 Å². The largest absolute Gasteiger partial charge is 0.344 e. The minimum Gasteiger partial charge on any atom is -0.344 e. The number of rotatable bonds is 4. The van der Waals surface area contributed by atoms with E-state index in [9.17, 15) is 13.7 Å². The molecule has 1 heterocycles. The molecule has 0 amide bonds. The van der Waals surface area contributed by atoms with E-state index in [2.05, 4.69) is 29.2 Å². The predicted molar refractivity (Wildman–Crippen MR) is 111 cm³/mol. The summed E-state index contributed by atoms with van der Waals surface area (Å²) in [4.78, 5) is 0. The molecule has 3 rings (SSSR count). The number of sulfonamides is 1. The zero-order chi connectivity index (χ0) is 19.9. The smallest absolute Gasteiger partial charge is 0.229 e. The van der Waals surface area contributed by atoms with Gasteiger partial charge in [0.1, 0.15) is 6.07 Å². The van der Waals surface area contributed by atoms with Gasteiger partial charge in [-0.05, 0) is 56.2 Å². The number of aryl methyl sites for hydroxylation is 1. The molecular weight excluding hydrogens is 382 g/mol. The number of nitrogens with one attached hydrogen (secondary N) is 1. The van der Waals surface area contributed by atoms with Crippen LogP contribution in [0.15, 0.2) is 36.5 Å². The van der Waals surface area contributed by atoms with Gasteiger partial charge in [-0.25, -0.2) is 8.42 Å². The van der Waals surface area contributed by atoms with Gasteiger partial charge in [0.15, 0.2) is 0 Å². The Hall–Kier alpha value is -2.49. The van der Waals surface area contributed by atoms with Crippen molar-refractivity contribution >= 4 is 38.2 Å². The molecule has 1 aromatic heterocycles. The van der Waals surface area contributed by atoms with E-state index in [1.807, 2.05) is 31.3 Å². The molecule has 1 N–H and O–H groups in total. The molecule has 140 valence electrons.